The van der Waals surface area contributed by atoms with Gasteiger partial charge in [0.1, 0.15) is 5.75 Å². The van der Waals surface area contributed by atoms with E-state index in [4.69, 9.17) is 4.74 Å². The van der Waals surface area contributed by atoms with Gasteiger partial charge >= 0.3 is 0 Å². The van der Waals surface area contributed by atoms with Crippen LogP contribution in [0, 0.1) is 0 Å². The number of nitrogens with one attached hydrogen (secondary N) is 3. The van der Waals surface area contributed by atoms with Gasteiger partial charge in [0.05, 0.1) is 11.4 Å². The summed E-state index contributed by atoms with van der Waals surface area (Å²) in [4.78, 5) is 37.0. The first-order valence-electron chi connectivity index (χ1n) is 7.52. The Bertz CT molecular complexity index is 875. The van der Waals surface area contributed by atoms with Crippen LogP contribution in [0.5, 0.6) is 5.75 Å². The maximum Gasteiger partial charge on any atom is 0.278 e. The standard InChI is InChI=1S/C16H17N5O4/c1-16(14(23)18-9-6-4-5-7-11(9)25-16)15(24)19-10-8-21(3)20-12(10)13(22)17-2/h4-8H,1-3H3,(H,17,22)(H,18,23)(H,19,24)/t16-/m0/s1. The molecule has 3 amide bonds. The van der Waals surface area contributed by atoms with Crippen LogP contribution in [0.4, 0.5) is 11.4 Å². The van der Waals surface area contributed by atoms with Gasteiger partial charge < -0.3 is 20.7 Å². The Morgan fingerprint density at radius 3 is 2.76 bits per heavy atom. The summed E-state index contributed by atoms with van der Waals surface area (Å²) in [6, 6.07) is 6.81. The van der Waals surface area contributed by atoms with Crippen LogP contribution in [0.1, 0.15) is 17.4 Å². The van der Waals surface area contributed by atoms with Gasteiger partial charge in [-0.05, 0) is 19.1 Å². The Morgan fingerprint density at radius 1 is 1.32 bits per heavy atom. The van der Waals surface area contributed by atoms with Crippen molar-refractivity contribution in [2.24, 2.45) is 7.05 Å². The lowest BCUT2D eigenvalue weighted by atomic mass is 10.0. The molecule has 0 saturated heterocycles. The van der Waals surface area contributed by atoms with Crippen molar-refractivity contribution in [2.75, 3.05) is 17.7 Å². The summed E-state index contributed by atoms with van der Waals surface area (Å²) in [5.41, 5.74) is -1.07. The number of rotatable bonds is 3. The number of carbonyl (C=O) groups is 3. The summed E-state index contributed by atoms with van der Waals surface area (Å²) in [5, 5.41) is 11.6. The topological polar surface area (TPSA) is 114 Å². The zero-order valence-electron chi connectivity index (χ0n) is 13.9. The summed E-state index contributed by atoms with van der Waals surface area (Å²) >= 11 is 0. The highest BCUT2D eigenvalue weighted by Gasteiger charge is 2.47. The Labute approximate surface area is 143 Å². The first-order chi connectivity index (χ1) is 11.8. The maximum absolute atomic E-state index is 12.7. The van der Waals surface area contributed by atoms with Crippen LogP contribution in [-0.2, 0) is 16.6 Å². The van der Waals surface area contributed by atoms with Crippen LogP contribution in [0.3, 0.4) is 0 Å². The summed E-state index contributed by atoms with van der Waals surface area (Å²) in [6.45, 7) is 1.36. The van der Waals surface area contributed by atoms with Crippen molar-refractivity contribution in [1.82, 2.24) is 15.1 Å². The summed E-state index contributed by atoms with van der Waals surface area (Å²) in [5.74, 6) is -1.38. The van der Waals surface area contributed by atoms with Crippen LogP contribution >= 0.6 is 0 Å². The number of hydrogen-bond donors (Lipinski definition) is 3. The molecule has 0 fully saturated rings. The number of para-hydroxylation sites is 2. The molecular formula is C16H17N5O4. The van der Waals surface area contributed by atoms with Crippen molar-refractivity contribution < 1.29 is 19.1 Å². The second kappa shape index (κ2) is 5.93. The zero-order chi connectivity index (χ0) is 18.2. The maximum atomic E-state index is 12.7. The quantitative estimate of drug-likeness (QED) is 0.703. The van der Waals surface area contributed by atoms with Gasteiger partial charge in [-0.25, -0.2) is 0 Å². The second-order valence-corrected chi connectivity index (χ2v) is 5.68. The second-order valence-electron chi connectivity index (χ2n) is 5.68. The van der Waals surface area contributed by atoms with E-state index in [-0.39, 0.29) is 11.4 Å². The zero-order valence-corrected chi connectivity index (χ0v) is 13.9. The number of anilines is 2. The van der Waals surface area contributed by atoms with Crippen molar-refractivity contribution in [1.29, 1.82) is 0 Å². The lowest BCUT2D eigenvalue weighted by Crippen LogP contribution is -2.56. The van der Waals surface area contributed by atoms with Crippen molar-refractivity contribution in [3.05, 3.63) is 36.2 Å². The Morgan fingerprint density at radius 2 is 2.04 bits per heavy atom. The summed E-state index contributed by atoms with van der Waals surface area (Å²) in [7, 11) is 3.07. The molecule has 0 unspecified atom stereocenters. The Kier molecular flexibility index (Phi) is 3.91. The smallest absolute Gasteiger partial charge is 0.278 e. The van der Waals surface area contributed by atoms with E-state index in [2.05, 4.69) is 21.0 Å². The largest absolute Gasteiger partial charge is 0.466 e. The van der Waals surface area contributed by atoms with Gasteiger partial charge in [0, 0.05) is 20.3 Å². The van der Waals surface area contributed by atoms with E-state index in [0.29, 0.717) is 11.4 Å². The number of fused-ring (bicyclic) bond motifs is 1. The molecule has 0 aliphatic carbocycles. The Hall–Kier alpha value is -3.36. The molecule has 1 aliphatic heterocycles. The molecule has 1 aliphatic rings. The van der Waals surface area contributed by atoms with Crippen molar-refractivity contribution in [3.63, 3.8) is 0 Å². The van der Waals surface area contributed by atoms with E-state index in [9.17, 15) is 14.4 Å². The van der Waals surface area contributed by atoms with Crippen LogP contribution < -0.4 is 20.7 Å². The van der Waals surface area contributed by atoms with Crippen molar-refractivity contribution in [3.8, 4) is 5.75 Å². The highest BCUT2D eigenvalue weighted by molar-refractivity contribution is 6.19. The lowest BCUT2D eigenvalue weighted by molar-refractivity contribution is -0.143. The van der Waals surface area contributed by atoms with Gasteiger partial charge in [-0.15, -0.1) is 0 Å². The molecule has 25 heavy (non-hydrogen) atoms. The molecule has 1 aromatic carbocycles. The third kappa shape index (κ3) is 2.80. The number of aromatic nitrogens is 2. The third-order valence-electron chi connectivity index (χ3n) is 3.84. The average molecular weight is 343 g/mol. The van der Waals surface area contributed by atoms with Gasteiger partial charge in [-0.1, -0.05) is 12.1 Å². The number of carbonyl (C=O) groups excluding carboxylic acids is 3. The molecule has 1 aromatic heterocycles. The predicted molar refractivity (Wildman–Crippen MR) is 89.3 cm³/mol. The molecule has 0 bridgehead atoms. The highest BCUT2D eigenvalue weighted by Crippen LogP contribution is 2.33. The SMILES string of the molecule is CNC(=O)c1nn(C)cc1NC(=O)[C@@]1(C)Oc2ccccc2NC1=O. The fourth-order valence-corrected chi connectivity index (χ4v) is 2.42. The van der Waals surface area contributed by atoms with E-state index >= 15 is 0 Å². The molecule has 0 radical (unpaired) electrons. The van der Waals surface area contributed by atoms with E-state index in [1.165, 1.54) is 24.9 Å². The molecule has 2 aromatic rings. The number of amides is 3. The molecule has 9 heteroatoms. The molecule has 1 atom stereocenters. The molecule has 3 rings (SSSR count). The summed E-state index contributed by atoms with van der Waals surface area (Å²) < 4.78 is 7.04. The third-order valence-corrected chi connectivity index (χ3v) is 3.84. The van der Waals surface area contributed by atoms with Crippen LogP contribution in [-0.4, -0.2) is 40.2 Å². The molecule has 2 heterocycles. The van der Waals surface area contributed by atoms with Crippen LogP contribution in [0.15, 0.2) is 30.5 Å². The van der Waals surface area contributed by atoms with Crippen molar-refractivity contribution >= 4 is 29.1 Å². The number of ether oxygens (including phenoxy) is 1. The van der Waals surface area contributed by atoms with Gasteiger partial charge in [-0.2, -0.15) is 5.10 Å². The van der Waals surface area contributed by atoms with Crippen LogP contribution in [0.25, 0.3) is 0 Å². The molecule has 130 valence electrons. The lowest BCUT2D eigenvalue weighted by Gasteiger charge is -2.33. The fourth-order valence-electron chi connectivity index (χ4n) is 2.42. The van der Waals surface area contributed by atoms with E-state index < -0.39 is 23.3 Å². The van der Waals surface area contributed by atoms with E-state index in [0.717, 1.165) is 0 Å². The van der Waals surface area contributed by atoms with E-state index in [1.54, 1.807) is 31.3 Å². The minimum Gasteiger partial charge on any atom is -0.466 e. The average Bonchev–Trinajstić information content (AvgIpc) is 2.95. The van der Waals surface area contributed by atoms with Crippen LogP contribution in [0.2, 0.25) is 0 Å². The molecule has 0 spiro atoms. The number of hydrogen-bond acceptors (Lipinski definition) is 5. The molecule has 0 saturated carbocycles. The number of aryl methyl sites for hydroxylation is 1. The van der Waals surface area contributed by atoms with Gasteiger partial charge in [0.25, 0.3) is 23.3 Å². The minimum atomic E-state index is -1.79. The van der Waals surface area contributed by atoms with Gasteiger partial charge in [0.15, 0.2) is 5.69 Å². The van der Waals surface area contributed by atoms with Crippen molar-refractivity contribution in [2.45, 2.75) is 12.5 Å². The highest BCUT2D eigenvalue weighted by atomic mass is 16.5. The number of benzene rings is 1. The number of nitrogens with zero attached hydrogens (tertiary/aromatic N) is 2. The monoisotopic (exact) mass is 343 g/mol. The molecular weight excluding hydrogens is 326 g/mol. The summed E-state index contributed by atoms with van der Waals surface area (Å²) in [6.07, 6.45) is 1.47. The van der Waals surface area contributed by atoms with Gasteiger partial charge in [-0.3, -0.25) is 19.1 Å². The van der Waals surface area contributed by atoms with E-state index in [1.807, 2.05) is 0 Å². The molecule has 9 nitrogen and oxygen atoms in total. The molecule has 3 N–H and O–H groups in total. The first kappa shape index (κ1) is 16.5. The minimum absolute atomic E-state index is 0.0403. The Balaban J connectivity index is 1.89. The normalized spacial score (nSPS) is 18.6. The first-order valence-corrected chi connectivity index (χ1v) is 7.52. The van der Waals surface area contributed by atoms with Gasteiger partial charge in [0.2, 0.25) is 0 Å². The fraction of sp³-hybridized carbons (Fsp3) is 0.250. The predicted octanol–water partition coefficient (Wildman–Crippen LogP) is 0.508.